The third kappa shape index (κ3) is 4.51. The van der Waals surface area contributed by atoms with Crippen molar-refractivity contribution in [2.24, 2.45) is 0 Å². The number of piperazine rings is 1. The Labute approximate surface area is 184 Å². The second kappa shape index (κ2) is 8.72. The predicted molar refractivity (Wildman–Crippen MR) is 114 cm³/mol. The zero-order chi connectivity index (χ0) is 22.9. The highest BCUT2D eigenvalue weighted by molar-refractivity contribution is 6.00. The number of amides is 2. The molecule has 1 atom stereocenters. The summed E-state index contributed by atoms with van der Waals surface area (Å²) < 4.78 is 44.6. The van der Waals surface area contributed by atoms with Crippen LogP contribution in [0, 0.1) is 0 Å². The van der Waals surface area contributed by atoms with E-state index in [-0.39, 0.29) is 24.8 Å². The summed E-state index contributed by atoms with van der Waals surface area (Å²) in [7, 11) is 0. The highest BCUT2D eigenvalue weighted by Gasteiger charge is 2.33. The fourth-order valence-corrected chi connectivity index (χ4v) is 4.05. The van der Waals surface area contributed by atoms with Crippen molar-refractivity contribution in [1.29, 1.82) is 0 Å². The van der Waals surface area contributed by atoms with Crippen molar-refractivity contribution >= 4 is 23.2 Å². The number of carbonyl (C=O) groups is 2. The van der Waals surface area contributed by atoms with Gasteiger partial charge in [0.15, 0.2) is 6.10 Å². The lowest BCUT2D eigenvalue weighted by molar-refractivity contribution is -0.137. The van der Waals surface area contributed by atoms with E-state index < -0.39 is 17.8 Å². The molecule has 2 heterocycles. The number of halogens is 3. The molecule has 0 aromatic heterocycles. The molecule has 2 aromatic carbocycles. The van der Waals surface area contributed by atoms with E-state index in [0.29, 0.717) is 43.3 Å². The van der Waals surface area contributed by atoms with Crippen LogP contribution in [0.3, 0.4) is 0 Å². The molecule has 2 aliphatic rings. The summed E-state index contributed by atoms with van der Waals surface area (Å²) in [5, 5.41) is 0. The molecule has 2 amide bonds. The fraction of sp³-hybridized carbons (Fsp3) is 0.391. The molecule has 6 nitrogen and oxygen atoms in total. The van der Waals surface area contributed by atoms with Gasteiger partial charge in [0.2, 0.25) is 5.91 Å². The second-order valence-corrected chi connectivity index (χ2v) is 7.88. The number of nitrogens with zero attached hydrogens (tertiary/aromatic N) is 3. The van der Waals surface area contributed by atoms with E-state index in [2.05, 4.69) is 0 Å². The number of fused-ring (bicyclic) bond motifs is 1. The molecule has 4 rings (SSSR count). The minimum absolute atomic E-state index is 0.0851. The van der Waals surface area contributed by atoms with Gasteiger partial charge >= 0.3 is 6.18 Å². The van der Waals surface area contributed by atoms with E-state index in [4.69, 9.17) is 4.74 Å². The number of carbonyl (C=O) groups excluding carboxylic acids is 2. The molecule has 0 aliphatic carbocycles. The summed E-state index contributed by atoms with van der Waals surface area (Å²) in [6.45, 7) is 3.65. The van der Waals surface area contributed by atoms with Gasteiger partial charge < -0.3 is 19.4 Å². The molecule has 170 valence electrons. The van der Waals surface area contributed by atoms with Gasteiger partial charge in [0.25, 0.3) is 5.91 Å². The van der Waals surface area contributed by atoms with Crippen molar-refractivity contribution in [3.63, 3.8) is 0 Å². The van der Waals surface area contributed by atoms with E-state index in [1.165, 1.54) is 6.07 Å². The van der Waals surface area contributed by atoms with Crippen molar-refractivity contribution in [1.82, 2.24) is 4.90 Å². The molecule has 1 saturated heterocycles. The smallest absolute Gasteiger partial charge is 0.416 e. The summed E-state index contributed by atoms with van der Waals surface area (Å²) in [5.41, 5.74) is 0.465. The van der Waals surface area contributed by atoms with Crippen molar-refractivity contribution in [2.75, 3.05) is 42.5 Å². The van der Waals surface area contributed by atoms with Gasteiger partial charge in [-0.3, -0.25) is 9.59 Å². The molecular weight excluding hydrogens is 423 g/mol. The first kappa shape index (κ1) is 22.0. The summed E-state index contributed by atoms with van der Waals surface area (Å²) in [4.78, 5) is 30.5. The van der Waals surface area contributed by atoms with Crippen LogP contribution in [0.1, 0.15) is 18.9 Å². The van der Waals surface area contributed by atoms with Crippen LogP contribution in [0.25, 0.3) is 0 Å². The molecule has 1 unspecified atom stereocenters. The van der Waals surface area contributed by atoms with Crippen molar-refractivity contribution in [2.45, 2.75) is 25.6 Å². The lowest BCUT2D eigenvalue weighted by Gasteiger charge is -2.37. The SMILES string of the molecule is CC1Oc2ccccc2N(CCC(=O)N2CCN(c3cccc(C(F)(F)F)c3)CC2)C1=O. The lowest BCUT2D eigenvalue weighted by Crippen LogP contribution is -2.50. The largest absolute Gasteiger partial charge is 0.479 e. The van der Waals surface area contributed by atoms with Crippen molar-refractivity contribution < 1.29 is 27.5 Å². The third-order valence-electron chi connectivity index (χ3n) is 5.79. The minimum Gasteiger partial charge on any atom is -0.479 e. The highest BCUT2D eigenvalue weighted by Crippen LogP contribution is 2.34. The van der Waals surface area contributed by atoms with Crippen LogP contribution in [0.2, 0.25) is 0 Å². The molecule has 0 N–H and O–H groups in total. The van der Waals surface area contributed by atoms with E-state index in [9.17, 15) is 22.8 Å². The summed E-state index contributed by atoms with van der Waals surface area (Å²) in [6.07, 6.45) is -4.84. The predicted octanol–water partition coefficient (Wildman–Crippen LogP) is 3.56. The van der Waals surface area contributed by atoms with Gasteiger partial charge in [0.05, 0.1) is 11.3 Å². The second-order valence-electron chi connectivity index (χ2n) is 7.88. The van der Waals surface area contributed by atoms with Gasteiger partial charge in [-0.25, -0.2) is 0 Å². The van der Waals surface area contributed by atoms with Crippen molar-refractivity contribution in [3.8, 4) is 5.75 Å². The number of hydrogen-bond donors (Lipinski definition) is 0. The maximum Gasteiger partial charge on any atom is 0.416 e. The Morgan fingerprint density at radius 1 is 1.06 bits per heavy atom. The Kier molecular flexibility index (Phi) is 5.99. The normalized spacial score (nSPS) is 18.9. The first-order chi connectivity index (χ1) is 15.2. The maximum absolute atomic E-state index is 13.0. The number of rotatable bonds is 4. The standard InChI is InChI=1S/C23H24F3N3O3/c1-16-22(31)29(19-7-2-3-8-20(19)32-16)10-9-21(30)28-13-11-27(12-14-28)18-6-4-5-17(15-18)23(24,25)26/h2-8,15-16H,9-14H2,1H3. The molecule has 32 heavy (non-hydrogen) atoms. The van der Waals surface area contributed by atoms with E-state index in [1.54, 1.807) is 34.9 Å². The van der Waals surface area contributed by atoms with E-state index in [1.807, 2.05) is 17.0 Å². The molecule has 2 aliphatic heterocycles. The number of alkyl halides is 3. The molecule has 0 spiro atoms. The van der Waals surface area contributed by atoms with Gasteiger partial charge in [-0.2, -0.15) is 13.2 Å². The van der Waals surface area contributed by atoms with Crippen LogP contribution in [0.5, 0.6) is 5.75 Å². The van der Waals surface area contributed by atoms with Crippen LogP contribution in [-0.4, -0.2) is 55.5 Å². The van der Waals surface area contributed by atoms with Crippen LogP contribution in [-0.2, 0) is 15.8 Å². The summed E-state index contributed by atoms with van der Waals surface area (Å²) in [5.74, 6) is 0.339. The molecular formula is C23H24F3N3O3. The molecule has 1 fully saturated rings. The Balaban J connectivity index is 1.34. The van der Waals surface area contributed by atoms with Gasteiger partial charge in [-0.1, -0.05) is 18.2 Å². The van der Waals surface area contributed by atoms with E-state index in [0.717, 1.165) is 12.1 Å². The van der Waals surface area contributed by atoms with Crippen molar-refractivity contribution in [3.05, 3.63) is 54.1 Å². The highest BCUT2D eigenvalue weighted by atomic mass is 19.4. The summed E-state index contributed by atoms with van der Waals surface area (Å²) >= 11 is 0. The van der Waals surface area contributed by atoms with Gasteiger partial charge in [0, 0.05) is 44.8 Å². The first-order valence-corrected chi connectivity index (χ1v) is 10.5. The zero-order valence-electron chi connectivity index (χ0n) is 17.6. The molecule has 2 aromatic rings. The maximum atomic E-state index is 13.0. The Bertz CT molecular complexity index is 1000. The number of anilines is 2. The monoisotopic (exact) mass is 447 g/mol. The quantitative estimate of drug-likeness (QED) is 0.720. The van der Waals surface area contributed by atoms with Gasteiger partial charge in [-0.05, 0) is 37.3 Å². The van der Waals surface area contributed by atoms with Crippen LogP contribution < -0.4 is 14.5 Å². The number of hydrogen-bond acceptors (Lipinski definition) is 4. The molecule has 0 bridgehead atoms. The Hall–Kier alpha value is -3.23. The Morgan fingerprint density at radius 2 is 1.78 bits per heavy atom. The summed E-state index contributed by atoms with van der Waals surface area (Å²) in [6, 6.07) is 12.5. The zero-order valence-corrected chi connectivity index (χ0v) is 17.6. The number of ether oxygens (including phenoxy) is 1. The van der Waals surface area contributed by atoms with Gasteiger partial charge in [-0.15, -0.1) is 0 Å². The molecule has 9 heteroatoms. The number of para-hydroxylation sites is 2. The average Bonchev–Trinajstić information content (AvgIpc) is 2.79. The molecule has 0 radical (unpaired) electrons. The van der Waals surface area contributed by atoms with Crippen LogP contribution >= 0.6 is 0 Å². The third-order valence-corrected chi connectivity index (χ3v) is 5.79. The topological polar surface area (TPSA) is 53.1 Å². The van der Waals surface area contributed by atoms with Crippen LogP contribution in [0.4, 0.5) is 24.5 Å². The average molecular weight is 447 g/mol. The van der Waals surface area contributed by atoms with Crippen LogP contribution in [0.15, 0.2) is 48.5 Å². The number of benzene rings is 2. The van der Waals surface area contributed by atoms with E-state index >= 15 is 0 Å². The molecule has 0 saturated carbocycles. The minimum atomic E-state index is -4.39. The fourth-order valence-electron chi connectivity index (χ4n) is 4.05. The Morgan fingerprint density at radius 3 is 2.50 bits per heavy atom. The lowest BCUT2D eigenvalue weighted by atomic mass is 10.1. The first-order valence-electron chi connectivity index (χ1n) is 10.5. The van der Waals surface area contributed by atoms with Gasteiger partial charge in [0.1, 0.15) is 5.75 Å².